The van der Waals surface area contributed by atoms with Crippen LogP contribution in [0.5, 0.6) is 0 Å². The number of methoxy groups -OCH3 is 1. The molecule has 2 saturated carbocycles. The van der Waals surface area contributed by atoms with Gasteiger partial charge in [0.15, 0.2) is 0 Å². The van der Waals surface area contributed by atoms with Gasteiger partial charge in [0, 0.05) is 30.8 Å². The van der Waals surface area contributed by atoms with Gasteiger partial charge < -0.3 is 30.2 Å². The van der Waals surface area contributed by atoms with Gasteiger partial charge in [-0.2, -0.15) is 0 Å². The Labute approximate surface area is 327 Å². The van der Waals surface area contributed by atoms with Crippen LogP contribution in [0.15, 0.2) is 85.5 Å². The molecule has 290 valence electrons. The molecule has 2 aliphatic carbocycles. The largest absolute Gasteiger partial charge is 0.453 e. The first-order valence-corrected chi connectivity index (χ1v) is 19.9. The first-order valence-electron chi connectivity index (χ1n) is 19.9. The Kier molecular flexibility index (Phi) is 10.5. The SMILES string of the molecule is COC(=O)N[C@H](C(=O)N1CCC[C@H]1c1ncc(-c2ccc(-c3ccc(-c4cnc(C5CCCC[C@@H]5C(=O)NC5(c6cccnc6)CC5)[nH]4)cc3)cc2)[nH]1)C(C)C. The number of hydrogen-bond donors (Lipinski definition) is 4. The van der Waals surface area contributed by atoms with Crippen molar-refractivity contribution in [3.8, 4) is 33.6 Å². The van der Waals surface area contributed by atoms with E-state index in [1.807, 2.05) is 43.4 Å². The number of nitrogens with one attached hydrogen (secondary N) is 4. The monoisotopic (exact) mass is 754 g/mol. The number of nitrogens with zero attached hydrogens (tertiary/aromatic N) is 4. The van der Waals surface area contributed by atoms with Crippen LogP contribution in [0.1, 0.15) is 94.4 Å². The van der Waals surface area contributed by atoms with Crippen LogP contribution in [0, 0.1) is 11.8 Å². The highest BCUT2D eigenvalue weighted by Gasteiger charge is 2.48. The van der Waals surface area contributed by atoms with E-state index in [1.54, 1.807) is 6.20 Å². The summed E-state index contributed by atoms with van der Waals surface area (Å²) in [6.45, 7) is 4.42. The van der Waals surface area contributed by atoms with Gasteiger partial charge in [-0.25, -0.2) is 14.8 Å². The lowest BCUT2D eigenvalue weighted by atomic mass is 9.78. The molecule has 8 rings (SSSR count). The smallest absolute Gasteiger partial charge is 0.407 e. The third-order valence-corrected chi connectivity index (χ3v) is 11.9. The van der Waals surface area contributed by atoms with E-state index in [0.29, 0.717) is 6.54 Å². The number of hydrogen-bond acceptors (Lipinski definition) is 7. The minimum absolute atomic E-state index is 0.0538. The Morgan fingerprint density at radius 3 is 2.04 bits per heavy atom. The van der Waals surface area contributed by atoms with Gasteiger partial charge in [-0.3, -0.25) is 14.6 Å². The minimum Gasteiger partial charge on any atom is -0.453 e. The second-order valence-corrected chi connectivity index (χ2v) is 15.9. The molecule has 12 nitrogen and oxygen atoms in total. The second kappa shape index (κ2) is 15.8. The number of carbonyl (C=O) groups excluding carboxylic acids is 3. The van der Waals surface area contributed by atoms with Crippen molar-refractivity contribution < 1.29 is 19.1 Å². The Bertz CT molecular complexity index is 2160. The molecule has 3 aliphatic rings. The predicted molar refractivity (Wildman–Crippen MR) is 213 cm³/mol. The average molecular weight is 755 g/mol. The van der Waals surface area contributed by atoms with E-state index >= 15 is 0 Å². The predicted octanol–water partition coefficient (Wildman–Crippen LogP) is 7.65. The van der Waals surface area contributed by atoms with Crippen molar-refractivity contribution in [1.29, 1.82) is 0 Å². The topological polar surface area (TPSA) is 158 Å². The molecule has 3 fully saturated rings. The van der Waals surface area contributed by atoms with Crippen molar-refractivity contribution in [2.75, 3.05) is 13.7 Å². The van der Waals surface area contributed by atoms with Crippen molar-refractivity contribution in [2.24, 2.45) is 11.8 Å². The molecule has 56 heavy (non-hydrogen) atoms. The number of H-pyrrole nitrogens is 2. The summed E-state index contributed by atoms with van der Waals surface area (Å²) in [4.78, 5) is 61.9. The highest BCUT2D eigenvalue weighted by molar-refractivity contribution is 5.86. The molecule has 4 atom stereocenters. The van der Waals surface area contributed by atoms with Crippen molar-refractivity contribution >= 4 is 17.9 Å². The van der Waals surface area contributed by atoms with Crippen LogP contribution in [-0.4, -0.2) is 67.4 Å². The number of benzene rings is 2. The van der Waals surface area contributed by atoms with E-state index in [4.69, 9.17) is 9.72 Å². The number of aromatic amines is 2. The van der Waals surface area contributed by atoms with Crippen molar-refractivity contribution in [3.05, 3.63) is 103 Å². The number of carbonyl (C=O) groups is 3. The Morgan fingerprint density at radius 2 is 1.43 bits per heavy atom. The highest BCUT2D eigenvalue weighted by Crippen LogP contribution is 2.47. The molecular formula is C44H50N8O4. The van der Waals surface area contributed by atoms with Gasteiger partial charge in [-0.15, -0.1) is 0 Å². The molecule has 1 aliphatic heterocycles. The van der Waals surface area contributed by atoms with Crippen LogP contribution in [0.2, 0.25) is 0 Å². The normalized spacial score (nSPS) is 20.7. The summed E-state index contributed by atoms with van der Waals surface area (Å²) in [7, 11) is 1.30. The Balaban J connectivity index is 0.913. The van der Waals surface area contributed by atoms with Gasteiger partial charge in [0.1, 0.15) is 17.7 Å². The highest BCUT2D eigenvalue weighted by atomic mass is 16.5. The number of likely N-dealkylation sites (tertiary alicyclic amines) is 1. The van der Waals surface area contributed by atoms with Gasteiger partial charge >= 0.3 is 6.09 Å². The lowest BCUT2D eigenvalue weighted by Gasteiger charge is -2.31. The fourth-order valence-corrected chi connectivity index (χ4v) is 8.56. The maximum Gasteiger partial charge on any atom is 0.407 e. The molecule has 0 spiro atoms. The molecule has 1 unspecified atom stereocenters. The molecule has 3 amide bonds. The molecule has 0 radical (unpaired) electrons. The zero-order valence-electron chi connectivity index (χ0n) is 32.3. The van der Waals surface area contributed by atoms with Crippen LogP contribution in [-0.2, 0) is 19.9 Å². The van der Waals surface area contributed by atoms with E-state index in [9.17, 15) is 14.4 Å². The lowest BCUT2D eigenvalue weighted by molar-refractivity contribution is -0.135. The Morgan fingerprint density at radius 1 is 0.804 bits per heavy atom. The van der Waals surface area contributed by atoms with Gasteiger partial charge in [-0.05, 0) is 78.3 Å². The fourth-order valence-electron chi connectivity index (χ4n) is 8.56. The number of aromatic nitrogens is 5. The van der Waals surface area contributed by atoms with E-state index in [-0.39, 0.29) is 41.1 Å². The number of alkyl carbamates (subject to hydrolysis) is 1. The zero-order chi connectivity index (χ0) is 38.8. The fraction of sp³-hybridized carbons (Fsp3) is 0.409. The number of imidazole rings is 2. The molecule has 3 aromatic heterocycles. The molecule has 2 aromatic carbocycles. The van der Waals surface area contributed by atoms with Crippen LogP contribution in [0.25, 0.3) is 33.6 Å². The summed E-state index contributed by atoms with van der Waals surface area (Å²) >= 11 is 0. The summed E-state index contributed by atoms with van der Waals surface area (Å²) < 4.78 is 4.76. The van der Waals surface area contributed by atoms with Crippen LogP contribution >= 0.6 is 0 Å². The number of rotatable bonds is 11. The van der Waals surface area contributed by atoms with Crippen molar-refractivity contribution in [3.63, 3.8) is 0 Å². The quantitative estimate of drug-likeness (QED) is 0.108. The maximum absolute atomic E-state index is 13.7. The van der Waals surface area contributed by atoms with Gasteiger partial charge in [0.25, 0.3) is 0 Å². The lowest BCUT2D eigenvalue weighted by Crippen LogP contribution is -2.51. The summed E-state index contributed by atoms with van der Waals surface area (Å²) in [5, 5.41) is 6.11. The average Bonchev–Trinajstić information content (AvgIpc) is 3.62. The molecule has 1 saturated heterocycles. The van der Waals surface area contributed by atoms with Crippen molar-refractivity contribution in [2.45, 2.75) is 88.8 Å². The first-order chi connectivity index (χ1) is 27.2. The van der Waals surface area contributed by atoms with Gasteiger partial charge in [-0.1, -0.05) is 81.3 Å². The van der Waals surface area contributed by atoms with Gasteiger partial charge in [0.2, 0.25) is 11.8 Å². The Hall–Kier alpha value is -5.78. The van der Waals surface area contributed by atoms with Crippen LogP contribution < -0.4 is 10.6 Å². The molecule has 5 aromatic rings. The summed E-state index contributed by atoms with van der Waals surface area (Å²) in [5.74, 6) is 1.46. The summed E-state index contributed by atoms with van der Waals surface area (Å²) in [6, 6.07) is 19.9. The zero-order valence-corrected chi connectivity index (χ0v) is 32.3. The molecule has 4 N–H and O–H groups in total. The molecule has 4 heterocycles. The molecule has 0 bridgehead atoms. The van der Waals surface area contributed by atoms with Gasteiger partial charge in [0.05, 0.1) is 42.5 Å². The summed E-state index contributed by atoms with van der Waals surface area (Å²) in [5.41, 5.74) is 6.85. The standard InChI is InChI=1S/C44H50N8O4/c1-27(2)38(50-43(55)56-3)42(54)52-23-7-11-37(52)40-47-26-36(49-40)31-18-14-29(15-19-31)28-12-16-30(17-13-28)35-25-46-39(48-35)33-9-4-5-10-34(33)41(53)51-44(20-21-44)32-8-6-22-45-24-32/h6,8,12-19,22,24-27,33-34,37-38H,4-5,7,9-11,20-21,23H2,1-3H3,(H,46,48)(H,47,49)(H,50,55)(H,51,53)/t33?,34-,37-,38-/m0/s1. The van der Waals surface area contributed by atoms with Crippen LogP contribution in [0.3, 0.4) is 0 Å². The van der Waals surface area contributed by atoms with E-state index in [2.05, 4.69) is 85.2 Å². The van der Waals surface area contributed by atoms with E-state index < -0.39 is 12.1 Å². The van der Waals surface area contributed by atoms with Crippen LogP contribution in [0.4, 0.5) is 4.79 Å². The third kappa shape index (κ3) is 7.56. The van der Waals surface area contributed by atoms with E-state index in [0.717, 1.165) is 102 Å². The number of amides is 3. The molecule has 12 heteroatoms. The number of pyridine rings is 1. The summed E-state index contributed by atoms with van der Waals surface area (Å²) in [6.07, 6.45) is 14.2. The third-order valence-electron chi connectivity index (χ3n) is 11.9. The first kappa shape index (κ1) is 37.2. The van der Waals surface area contributed by atoms with Crippen molar-refractivity contribution in [1.82, 2.24) is 40.5 Å². The number of ether oxygens (including phenoxy) is 1. The minimum atomic E-state index is -0.677. The molecular weight excluding hydrogens is 705 g/mol. The second-order valence-electron chi connectivity index (χ2n) is 15.9. The van der Waals surface area contributed by atoms with E-state index in [1.165, 1.54) is 7.11 Å². The maximum atomic E-state index is 13.7.